The molecule has 1 rings (SSSR count). The van der Waals surface area contributed by atoms with Gasteiger partial charge in [0, 0.05) is 25.5 Å². The Morgan fingerprint density at radius 3 is 2.79 bits per heavy atom. The molecular formula is C13H19N3O3. The van der Waals surface area contributed by atoms with Gasteiger partial charge in [0.2, 0.25) is 0 Å². The Bertz CT molecular complexity index is 449. The van der Waals surface area contributed by atoms with Crippen molar-refractivity contribution in [3.63, 3.8) is 0 Å². The molecule has 1 N–H and O–H groups in total. The van der Waals surface area contributed by atoms with Gasteiger partial charge >= 0.3 is 5.97 Å². The van der Waals surface area contributed by atoms with E-state index in [1.165, 1.54) is 7.11 Å². The number of hydrogen-bond donors (Lipinski definition) is 1. The lowest BCUT2D eigenvalue weighted by Gasteiger charge is -2.23. The molecule has 1 aromatic rings. The number of aromatic nitrogens is 1. The summed E-state index contributed by atoms with van der Waals surface area (Å²) in [6, 6.07) is 3.43. The number of carbonyl (C=O) groups excluding carboxylic acids is 2. The van der Waals surface area contributed by atoms with Gasteiger partial charge in [0.25, 0.3) is 5.91 Å². The van der Waals surface area contributed by atoms with Crippen LogP contribution in [0.15, 0.2) is 18.3 Å². The van der Waals surface area contributed by atoms with E-state index in [-0.39, 0.29) is 18.4 Å². The van der Waals surface area contributed by atoms with Crippen molar-refractivity contribution in [2.45, 2.75) is 13.3 Å². The first-order chi connectivity index (χ1) is 9.12. The number of nitrogens with zero attached hydrogens (tertiary/aromatic N) is 2. The molecule has 1 heterocycles. The van der Waals surface area contributed by atoms with E-state index in [1.807, 2.05) is 11.8 Å². The molecular weight excluding hydrogens is 246 g/mol. The van der Waals surface area contributed by atoms with Crippen LogP contribution in [0, 0.1) is 0 Å². The molecule has 104 valence electrons. The monoisotopic (exact) mass is 265 g/mol. The number of carbonyl (C=O) groups is 2. The first-order valence-electron chi connectivity index (χ1n) is 6.12. The number of hydrogen-bond acceptors (Lipinski definition) is 5. The predicted molar refractivity (Wildman–Crippen MR) is 72.1 cm³/mol. The Kier molecular flexibility index (Phi) is 5.78. The summed E-state index contributed by atoms with van der Waals surface area (Å²) in [5.74, 6) is -0.567. The fraction of sp³-hybridized carbons (Fsp3) is 0.462. The smallest absolute Gasteiger partial charge is 0.325 e. The topological polar surface area (TPSA) is 71.5 Å². The highest BCUT2D eigenvalue weighted by Gasteiger charge is 2.13. The number of amides is 1. The zero-order valence-corrected chi connectivity index (χ0v) is 11.5. The molecule has 6 nitrogen and oxygen atoms in total. The van der Waals surface area contributed by atoms with E-state index in [0.29, 0.717) is 12.2 Å². The zero-order valence-electron chi connectivity index (χ0n) is 11.5. The Morgan fingerprint density at radius 2 is 2.21 bits per heavy atom. The third-order valence-corrected chi connectivity index (χ3v) is 2.61. The second-order valence-corrected chi connectivity index (χ2v) is 3.98. The predicted octanol–water partition coefficient (Wildman–Crippen LogP) is 0.831. The maximum absolute atomic E-state index is 11.5. The van der Waals surface area contributed by atoms with Crippen molar-refractivity contribution in [2.24, 2.45) is 0 Å². The van der Waals surface area contributed by atoms with E-state index < -0.39 is 0 Å². The zero-order chi connectivity index (χ0) is 14.3. The van der Waals surface area contributed by atoms with Crippen molar-refractivity contribution in [3.8, 4) is 0 Å². The third kappa shape index (κ3) is 4.24. The van der Waals surface area contributed by atoms with Gasteiger partial charge in [-0.1, -0.05) is 6.92 Å². The minimum absolute atomic E-state index is 0.154. The maximum atomic E-state index is 11.5. The number of pyridine rings is 1. The van der Waals surface area contributed by atoms with E-state index in [1.54, 1.807) is 25.4 Å². The Hall–Kier alpha value is -2.11. The summed E-state index contributed by atoms with van der Waals surface area (Å²) in [6.07, 6.45) is 2.44. The number of anilines is 1. The molecule has 0 atom stereocenters. The number of esters is 1. The molecule has 1 amide bonds. The molecule has 0 aliphatic carbocycles. The standard InChI is InChI=1S/C13H19N3O3/c1-4-7-16(9-12(17)19-3)10-5-6-15-11(8-10)13(18)14-2/h5-6,8H,4,7,9H2,1-3H3,(H,14,18). The van der Waals surface area contributed by atoms with Gasteiger partial charge in [-0.2, -0.15) is 0 Å². The normalized spacial score (nSPS) is 9.84. The largest absolute Gasteiger partial charge is 0.468 e. The highest BCUT2D eigenvalue weighted by molar-refractivity contribution is 5.93. The third-order valence-electron chi connectivity index (χ3n) is 2.61. The van der Waals surface area contributed by atoms with Crippen molar-refractivity contribution in [2.75, 3.05) is 32.1 Å². The van der Waals surface area contributed by atoms with Crippen LogP contribution in [-0.4, -0.2) is 44.1 Å². The summed E-state index contributed by atoms with van der Waals surface area (Å²) in [5, 5.41) is 2.52. The van der Waals surface area contributed by atoms with Crippen LogP contribution in [0.5, 0.6) is 0 Å². The lowest BCUT2D eigenvalue weighted by molar-refractivity contribution is -0.138. The highest BCUT2D eigenvalue weighted by atomic mass is 16.5. The molecule has 0 aliphatic rings. The van der Waals surface area contributed by atoms with Gasteiger partial charge in [-0.15, -0.1) is 0 Å². The van der Waals surface area contributed by atoms with E-state index in [2.05, 4.69) is 15.0 Å². The molecule has 0 saturated heterocycles. The van der Waals surface area contributed by atoms with Gasteiger partial charge in [0.1, 0.15) is 12.2 Å². The number of rotatable bonds is 6. The molecule has 1 aromatic heterocycles. The minimum atomic E-state index is -0.313. The molecule has 0 aromatic carbocycles. The molecule has 0 unspecified atom stereocenters. The first-order valence-corrected chi connectivity index (χ1v) is 6.12. The molecule has 0 saturated carbocycles. The molecule has 0 radical (unpaired) electrons. The summed E-state index contributed by atoms with van der Waals surface area (Å²) in [6.45, 7) is 2.87. The average molecular weight is 265 g/mol. The van der Waals surface area contributed by atoms with E-state index in [0.717, 1.165) is 12.1 Å². The van der Waals surface area contributed by atoms with Crippen LogP contribution in [-0.2, 0) is 9.53 Å². The van der Waals surface area contributed by atoms with Crippen molar-refractivity contribution in [1.82, 2.24) is 10.3 Å². The highest BCUT2D eigenvalue weighted by Crippen LogP contribution is 2.15. The first kappa shape index (κ1) is 14.9. The molecule has 0 spiro atoms. The van der Waals surface area contributed by atoms with Crippen LogP contribution in [0.4, 0.5) is 5.69 Å². The van der Waals surface area contributed by atoms with Crippen molar-refractivity contribution < 1.29 is 14.3 Å². The lowest BCUT2D eigenvalue weighted by atomic mass is 10.2. The van der Waals surface area contributed by atoms with Crippen molar-refractivity contribution >= 4 is 17.6 Å². The summed E-state index contributed by atoms with van der Waals surface area (Å²) >= 11 is 0. The van der Waals surface area contributed by atoms with Gasteiger partial charge in [-0.25, -0.2) is 0 Å². The van der Waals surface area contributed by atoms with E-state index in [4.69, 9.17) is 0 Å². The van der Waals surface area contributed by atoms with Crippen LogP contribution >= 0.6 is 0 Å². The summed E-state index contributed by atoms with van der Waals surface area (Å²) in [7, 11) is 2.91. The molecule has 0 aliphatic heterocycles. The Morgan fingerprint density at radius 1 is 1.47 bits per heavy atom. The Balaban J connectivity index is 2.95. The summed E-state index contributed by atoms with van der Waals surface area (Å²) in [4.78, 5) is 28.8. The number of ether oxygens (including phenoxy) is 1. The van der Waals surface area contributed by atoms with Gasteiger partial charge in [-0.3, -0.25) is 14.6 Å². The maximum Gasteiger partial charge on any atom is 0.325 e. The van der Waals surface area contributed by atoms with Crippen molar-refractivity contribution in [3.05, 3.63) is 24.0 Å². The molecule has 0 bridgehead atoms. The number of methoxy groups -OCH3 is 1. The number of nitrogens with one attached hydrogen (secondary N) is 1. The Labute approximate surface area is 112 Å². The molecule has 19 heavy (non-hydrogen) atoms. The van der Waals surface area contributed by atoms with Crippen LogP contribution in [0.3, 0.4) is 0 Å². The fourth-order valence-electron chi connectivity index (χ4n) is 1.66. The van der Waals surface area contributed by atoms with E-state index in [9.17, 15) is 9.59 Å². The van der Waals surface area contributed by atoms with Gasteiger partial charge in [0.05, 0.1) is 7.11 Å². The van der Waals surface area contributed by atoms with Gasteiger partial charge < -0.3 is 15.0 Å². The SMILES string of the molecule is CCCN(CC(=O)OC)c1ccnc(C(=O)NC)c1. The second-order valence-electron chi connectivity index (χ2n) is 3.98. The quantitative estimate of drug-likeness (QED) is 0.771. The molecule has 6 heteroatoms. The summed E-state index contributed by atoms with van der Waals surface area (Å²) in [5.41, 5.74) is 1.10. The van der Waals surface area contributed by atoms with E-state index >= 15 is 0 Å². The average Bonchev–Trinajstić information content (AvgIpc) is 2.45. The van der Waals surface area contributed by atoms with Crippen LogP contribution in [0.2, 0.25) is 0 Å². The fourth-order valence-corrected chi connectivity index (χ4v) is 1.66. The summed E-state index contributed by atoms with van der Waals surface area (Å²) < 4.78 is 4.67. The lowest BCUT2D eigenvalue weighted by Crippen LogP contribution is -2.31. The molecule has 0 fully saturated rings. The van der Waals surface area contributed by atoms with Crippen LogP contribution < -0.4 is 10.2 Å². The second kappa shape index (κ2) is 7.35. The van der Waals surface area contributed by atoms with Gasteiger partial charge in [-0.05, 0) is 18.6 Å². The minimum Gasteiger partial charge on any atom is -0.468 e. The van der Waals surface area contributed by atoms with Gasteiger partial charge in [0.15, 0.2) is 0 Å². The van der Waals surface area contributed by atoms with Crippen LogP contribution in [0.1, 0.15) is 23.8 Å². The van der Waals surface area contributed by atoms with Crippen LogP contribution in [0.25, 0.3) is 0 Å². The van der Waals surface area contributed by atoms with Crippen molar-refractivity contribution in [1.29, 1.82) is 0 Å².